The summed E-state index contributed by atoms with van der Waals surface area (Å²) in [6.07, 6.45) is 4.79. The molecule has 0 amide bonds. The van der Waals surface area contributed by atoms with E-state index in [1.54, 1.807) is 6.07 Å². The van der Waals surface area contributed by atoms with E-state index in [-0.39, 0.29) is 18.0 Å². The first-order valence-electron chi connectivity index (χ1n) is 6.19. The topological polar surface area (TPSA) is 62.5 Å². The van der Waals surface area contributed by atoms with Gasteiger partial charge in [-0.3, -0.25) is 0 Å². The van der Waals surface area contributed by atoms with Crippen molar-refractivity contribution in [3.63, 3.8) is 0 Å². The van der Waals surface area contributed by atoms with Crippen LogP contribution in [0.3, 0.4) is 0 Å². The van der Waals surface area contributed by atoms with Crippen molar-refractivity contribution in [3.8, 4) is 0 Å². The van der Waals surface area contributed by atoms with Crippen LogP contribution in [0, 0.1) is 5.82 Å². The zero-order valence-electron chi connectivity index (χ0n) is 9.88. The van der Waals surface area contributed by atoms with E-state index in [4.69, 9.17) is 0 Å². The Labute approximate surface area is 104 Å². The van der Waals surface area contributed by atoms with Crippen LogP contribution < -0.4 is 5.32 Å². The number of pyridine rings is 1. The molecule has 1 fully saturated rings. The van der Waals surface area contributed by atoms with Crippen molar-refractivity contribution in [1.82, 2.24) is 14.6 Å². The lowest BCUT2D eigenvalue weighted by Gasteiger charge is -2.27. The van der Waals surface area contributed by atoms with Crippen molar-refractivity contribution < 1.29 is 9.50 Å². The maximum absolute atomic E-state index is 13.0. The minimum atomic E-state index is -0.359. The number of aromatic nitrogens is 3. The molecule has 96 valence electrons. The highest BCUT2D eigenvalue weighted by molar-refractivity contribution is 5.43. The molecule has 1 aliphatic carbocycles. The second-order valence-corrected chi connectivity index (χ2v) is 4.69. The molecule has 2 aromatic rings. The lowest BCUT2D eigenvalue weighted by molar-refractivity contribution is 0.116. The normalized spacial score (nSPS) is 24.3. The Bertz CT molecular complexity index is 556. The van der Waals surface area contributed by atoms with Gasteiger partial charge in [-0.2, -0.15) is 4.98 Å². The number of hydrogen-bond acceptors (Lipinski definition) is 4. The number of nitrogens with zero attached hydrogens (tertiary/aromatic N) is 3. The fourth-order valence-corrected chi connectivity index (χ4v) is 2.36. The minimum absolute atomic E-state index is 0.0130. The molecule has 1 saturated carbocycles. The third-order valence-corrected chi connectivity index (χ3v) is 3.34. The van der Waals surface area contributed by atoms with Crippen LogP contribution in [0.25, 0.3) is 5.65 Å². The summed E-state index contributed by atoms with van der Waals surface area (Å²) in [7, 11) is 0. The Morgan fingerprint density at radius 3 is 3.00 bits per heavy atom. The first-order valence-corrected chi connectivity index (χ1v) is 6.19. The van der Waals surface area contributed by atoms with Gasteiger partial charge in [-0.1, -0.05) is 12.8 Å². The summed E-state index contributed by atoms with van der Waals surface area (Å²) in [5.41, 5.74) is 0.587. The number of aliphatic hydroxyl groups is 1. The molecule has 2 aromatic heterocycles. The van der Waals surface area contributed by atoms with Gasteiger partial charge in [0.1, 0.15) is 5.82 Å². The summed E-state index contributed by atoms with van der Waals surface area (Å²) < 4.78 is 14.4. The van der Waals surface area contributed by atoms with Crippen LogP contribution in [-0.2, 0) is 0 Å². The molecule has 2 unspecified atom stereocenters. The van der Waals surface area contributed by atoms with Crippen LogP contribution >= 0.6 is 0 Å². The highest BCUT2D eigenvalue weighted by atomic mass is 19.1. The Morgan fingerprint density at radius 1 is 1.33 bits per heavy atom. The lowest BCUT2D eigenvalue weighted by atomic mass is 9.93. The monoisotopic (exact) mass is 250 g/mol. The average molecular weight is 250 g/mol. The van der Waals surface area contributed by atoms with Gasteiger partial charge in [0, 0.05) is 0 Å². The zero-order chi connectivity index (χ0) is 12.5. The third-order valence-electron chi connectivity index (χ3n) is 3.34. The van der Waals surface area contributed by atoms with E-state index >= 15 is 0 Å². The first kappa shape index (κ1) is 11.4. The van der Waals surface area contributed by atoms with Gasteiger partial charge in [0.25, 0.3) is 0 Å². The van der Waals surface area contributed by atoms with Crippen molar-refractivity contribution in [2.45, 2.75) is 37.8 Å². The van der Waals surface area contributed by atoms with E-state index < -0.39 is 0 Å². The number of hydrogen-bond donors (Lipinski definition) is 2. The van der Waals surface area contributed by atoms with Crippen LogP contribution in [-0.4, -0.2) is 31.9 Å². The molecule has 0 radical (unpaired) electrons. The number of rotatable bonds is 2. The molecule has 0 aliphatic heterocycles. The molecule has 1 aliphatic rings. The van der Waals surface area contributed by atoms with E-state index in [1.165, 1.54) is 16.8 Å². The molecule has 6 heteroatoms. The zero-order valence-corrected chi connectivity index (χ0v) is 9.88. The standard InChI is InChI=1S/C12H15FN4O/c13-8-5-6-11-15-12(16-17(11)7-8)14-9-3-1-2-4-10(9)18/h5-7,9-10,18H,1-4H2,(H,14,16). The van der Waals surface area contributed by atoms with Gasteiger partial charge < -0.3 is 10.4 Å². The predicted molar refractivity (Wildman–Crippen MR) is 64.8 cm³/mol. The molecule has 5 nitrogen and oxygen atoms in total. The second-order valence-electron chi connectivity index (χ2n) is 4.69. The summed E-state index contributed by atoms with van der Waals surface area (Å²) in [6.45, 7) is 0. The number of anilines is 1. The number of nitrogens with one attached hydrogen (secondary N) is 1. The summed E-state index contributed by atoms with van der Waals surface area (Å²) in [5, 5.41) is 17.1. The fraction of sp³-hybridized carbons (Fsp3) is 0.500. The van der Waals surface area contributed by atoms with Gasteiger partial charge in [0.15, 0.2) is 5.65 Å². The van der Waals surface area contributed by atoms with Gasteiger partial charge in [-0.15, -0.1) is 5.10 Å². The van der Waals surface area contributed by atoms with Crippen LogP contribution in [0.5, 0.6) is 0 Å². The Hall–Kier alpha value is -1.69. The van der Waals surface area contributed by atoms with Gasteiger partial charge >= 0.3 is 0 Å². The summed E-state index contributed by atoms with van der Waals surface area (Å²) >= 11 is 0. The predicted octanol–water partition coefficient (Wildman–Crippen LogP) is 1.58. The van der Waals surface area contributed by atoms with Crippen LogP contribution in [0.4, 0.5) is 10.3 Å². The molecule has 2 heterocycles. The van der Waals surface area contributed by atoms with Crippen LogP contribution in [0.2, 0.25) is 0 Å². The summed E-state index contributed by atoms with van der Waals surface area (Å²) in [4.78, 5) is 4.25. The van der Waals surface area contributed by atoms with Crippen molar-refractivity contribution in [1.29, 1.82) is 0 Å². The Kier molecular flexibility index (Phi) is 2.87. The molecule has 2 atom stereocenters. The summed E-state index contributed by atoms with van der Waals surface area (Å²) in [5.74, 6) is 0.0863. The van der Waals surface area contributed by atoms with E-state index in [9.17, 15) is 9.50 Å². The third kappa shape index (κ3) is 2.15. The highest BCUT2D eigenvalue weighted by Gasteiger charge is 2.23. The van der Waals surface area contributed by atoms with Gasteiger partial charge in [0.05, 0.1) is 18.3 Å². The number of fused-ring (bicyclic) bond motifs is 1. The molecule has 0 aromatic carbocycles. The molecule has 18 heavy (non-hydrogen) atoms. The molecular weight excluding hydrogens is 235 g/mol. The first-order chi connectivity index (χ1) is 8.72. The van der Waals surface area contributed by atoms with Crippen molar-refractivity contribution in [2.24, 2.45) is 0 Å². The van der Waals surface area contributed by atoms with Gasteiger partial charge in [0.2, 0.25) is 5.95 Å². The van der Waals surface area contributed by atoms with E-state index in [2.05, 4.69) is 15.4 Å². The molecule has 0 saturated heterocycles. The Morgan fingerprint density at radius 2 is 2.17 bits per heavy atom. The maximum atomic E-state index is 13.0. The number of halogens is 1. The quantitative estimate of drug-likeness (QED) is 0.849. The highest BCUT2D eigenvalue weighted by Crippen LogP contribution is 2.21. The van der Waals surface area contributed by atoms with Crippen molar-refractivity contribution >= 4 is 11.6 Å². The molecule has 0 spiro atoms. The van der Waals surface area contributed by atoms with E-state index in [0.717, 1.165) is 25.7 Å². The van der Waals surface area contributed by atoms with Crippen molar-refractivity contribution in [3.05, 3.63) is 24.1 Å². The largest absolute Gasteiger partial charge is 0.391 e. The van der Waals surface area contributed by atoms with Crippen LogP contribution in [0.1, 0.15) is 25.7 Å². The smallest absolute Gasteiger partial charge is 0.243 e. The molecule has 3 rings (SSSR count). The average Bonchev–Trinajstić information content (AvgIpc) is 2.73. The van der Waals surface area contributed by atoms with Crippen molar-refractivity contribution in [2.75, 3.05) is 5.32 Å². The second kappa shape index (κ2) is 4.53. The summed E-state index contributed by atoms with van der Waals surface area (Å²) in [6, 6.07) is 2.91. The SMILES string of the molecule is OC1CCCCC1Nc1nc2ccc(F)cn2n1. The van der Waals surface area contributed by atoms with E-state index in [0.29, 0.717) is 11.6 Å². The van der Waals surface area contributed by atoms with Crippen LogP contribution in [0.15, 0.2) is 18.3 Å². The Balaban J connectivity index is 1.81. The molecule has 2 N–H and O–H groups in total. The molecule has 0 bridgehead atoms. The van der Waals surface area contributed by atoms with E-state index in [1.807, 2.05) is 0 Å². The lowest BCUT2D eigenvalue weighted by Crippen LogP contribution is -2.36. The fourth-order valence-electron chi connectivity index (χ4n) is 2.36. The molecular formula is C12H15FN4O. The maximum Gasteiger partial charge on any atom is 0.243 e. The van der Waals surface area contributed by atoms with Gasteiger partial charge in [-0.25, -0.2) is 8.91 Å². The number of aliphatic hydroxyl groups excluding tert-OH is 1. The minimum Gasteiger partial charge on any atom is -0.391 e. The van der Waals surface area contributed by atoms with Gasteiger partial charge in [-0.05, 0) is 25.0 Å².